The zero-order chi connectivity index (χ0) is 19.2. The SMILES string of the molecule is CCC(CC)C1CCN(C(=NC)NCCc2ccc(S(N)(=O)=O)cc2)C1. The van der Waals surface area contributed by atoms with Gasteiger partial charge < -0.3 is 10.2 Å². The van der Waals surface area contributed by atoms with Gasteiger partial charge in [0.15, 0.2) is 5.96 Å². The largest absolute Gasteiger partial charge is 0.356 e. The molecule has 1 aliphatic rings. The molecule has 146 valence electrons. The van der Waals surface area contributed by atoms with Crippen molar-refractivity contribution >= 4 is 16.0 Å². The van der Waals surface area contributed by atoms with Crippen molar-refractivity contribution in [1.82, 2.24) is 10.2 Å². The average molecular weight is 381 g/mol. The van der Waals surface area contributed by atoms with Gasteiger partial charge in [0, 0.05) is 26.7 Å². The van der Waals surface area contributed by atoms with Crippen LogP contribution in [-0.2, 0) is 16.4 Å². The molecule has 1 atom stereocenters. The lowest BCUT2D eigenvalue weighted by molar-refractivity contribution is 0.319. The van der Waals surface area contributed by atoms with Gasteiger partial charge in [-0.3, -0.25) is 4.99 Å². The summed E-state index contributed by atoms with van der Waals surface area (Å²) < 4.78 is 22.6. The second-order valence-electron chi connectivity index (χ2n) is 6.98. The van der Waals surface area contributed by atoms with E-state index in [9.17, 15) is 8.42 Å². The molecule has 6 nitrogen and oxygen atoms in total. The van der Waals surface area contributed by atoms with Crippen LogP contribution in [0, 0.1) is 11.8 Å². The summed E-state index contributed by atoms with van der Waals surface area (Å²) in [5.74, 6) is 2.52. The van der Waals surface area contributed by atoms with Crippen LogP contribution in [0.15, 0.2) is 34.2 Å². The van der Waals surface area contributed by atoms with Crippen LogP contribution in [0.1, 0.15) is 38.7 Å². The number of hydrogen-bond donors (Lipinski definition) is 2. The maximum Gasteiger partial charge on any atom is 0.238 e. The van der Waals surface area contributed by atoms with Crippen LogP contribution in [0.5, 0.6) is 0 Å². The fraction of sp³-hybridized carbons (Fsp3) is 0.632. The van der Waals surface area contributed by atoms with E-state index in [0.29, 0.717) is 0 Å². The van der Waals surface area contributed by atoms with Gasteiger partial charge in [-0.05, 0) is 42.4 Å². The number of nitrogens with zero attached hydrogens (tertiary/aromatic N) is 2. The summed E-state index contributed by atoms with van der Waals surface area (Å²) in [4.78, 5) is 6.93. The fourth-order valence-electron chi connectivity index (χ4n) is 3.82. The van der Waals surface area contributed by atoms with E-state index >= 15 is 0 Å². The number of benzene rings is 1. The third kappa shape index (κ3) is 5.45. The van der Waals surface area contributed by atoms with Gasteiger partial charge in [0.25, 0.3) is 0 Å². The lowest BCUT2D eigenvalue weighted by Gasteiger charge is -2.24. The molecule has 1 fully saturated rings. The van der Waals surface area contributed by atoms with Crippen LogP contribution < -0.4 is 10.5 Å². The lowest BCUT2D eigenvalue weighted by atomic mass is 9.87. The Kier molecular flexibility index (Phi) is 7.46. The predicted molar refractivity (Wildman–Crippen MR) is 107 cm³/mol. The minimum atomic E-state index is -3.63. The first-order valence-electron chi connectivity index (χ1n) is 9.46. The highest BCUT2D eigenvalue weighted by molar-refractivity contribution is 7.89. The van der Waals surface area contributed by atoms with Crippen LogP contribution in [0.3, 0.4) is 0 Å². The third-order valence-electron chi connectivity index (χ3n) is 5.40. The van der Waals surface area contributed by atoms with Crippen LogP contribution in [0.4, 0.5) is 0 Å². The topological polar surface area (TPSA) is 87.8 Å². The number of likely N-dealkylation sites (tertiary alicyclic amines) is 1. The molecule has 3 N–H and O–H groups in total. The summed E-state index contributed by atoms with van der Waals surface area (Å²) in [6.07, 6.45) is 4.53. The number of guanidine groups is 1. The zero-order valence-corrected chi connectivity index (χ0v) is 16.9. The Bertz CT molecular complexity index is 697. The molecule has 2 rings (SSSR count). The first kappa shape index (κ1) is 20.7. The Balaban J connectivity index is 1.84. The molecule has 0 aliphatic carbocycles. The summed E-state index contributed by atoms with van der Waals surface area (Å²) in [7, 11) is -1.80. The average Bonchev–Trinajstić information content (AvgIpc) is 3.09. The monoisotopic (exact) mass is 380 g/mol. The van der Waals surface area contributed by atoms with E-state index in [-0.39, 0.29) is 4.90 Å². The van der Waals surface area contributed by atoms with Crippen LogP contribution in [0.25, 0.3) is 0 Å². The van der Waals surface area contributed by atoms with Gasteiger partial charge in [0.05, 0.1) is 4.90 Å². The number of nitrogens with one attached hydrogen (secondary N) is 1. The minimum Gasteiger partial charge on any atom is -0.356 e. The van der Waals surface area contributed by atoms with Crippen molar-refractivity contribution < 1.29 is 8.42 Å². The molecule has 7 heteroatoms. The van der Waals surface area contributed by atoms with Crippen LogP contribution in [0.2, 0.25) is 0 Å². The maximum absolute atomic E-state index is 11.3. The molecule has 0 amide bonds. The standard InChI is InChI=1S/C19H32N4O2S/c1-4-16(5-2)17-11-13-23(14-17)19(21-3)22-12-10-15-6-8-18(9-7-15)26(20,24)25/h6-9,16-17H,4-5,10-14H2,1-3H3,(H,21,22)(H2,20,24,25). The summed E-state index contributed by atoms with van der Waals surface area (Å²) in [6.45, 7) is 7.46. The van der Waals surface area contributed by atoms with E-state index in [1.165, 1.54) is 19.3 Å². The third-order valence-corrected chi connectivity index (χ3v) is 6.33. The number of rotatable bonds is 7. The van der Waals surface area contributed by atoms with E-state index in [1.54, 1.807) is 12.1 Å². The smallest absolute Gasteiger partial charge is 0.238 e. The van der Waals surface area contributed by atoms with Crippen molar-refractivity contribution in [3.8, 4) is 0 Å². The molecule has 0 radical (unpaired) electrons. The van der Waals surface area contributed by atoms with E-state index in [1.807, 2.05) is 19.2 Å². The molecule has 1 saturated heterocycles. The predicted octanol–water partition coefficient (Wildman–Crippen LogP) is 2.21. The lowest BCUT2D eigenvalue weighted by Crippen LogP contribution is -2.41. The Morgan fingerprint density at radius 1 is 1.31 bits per heavy atom. The fourth-order valence-corrected chi connectivity index (χ4v) is 4.33. The molecular weight excluding hydrogens is 348 g/mol. The van der Waals surface area contributed by atoms with E-state index in [0.717, 1.165) is 49.4 Å². The quantitative estimate of drug-likeness (QED) is 0.561. The van der Waals surface area contributed by atoms with Gasteiger partial charge in [-0.1, -0.05) is 38.8 Å². The molecule has 26 heavy (non-hydrogen) atoms. The number of aliphatic imine (C=N–C) groups is 1. The van der Waals surface area contributed by atoms with Gasteiger partial charge in [-0.15, -0.1) is 0 Å². The van der Waals surface area contributed by atoms with Crippen molar-refractivity contribution in [3.63, 3.8) is 0 Å². The summed E-state index contributed by atoms with van der Waals surface area (Å²) in [5.41, 5.74) is 1.07. The van der Waals surface area contributed by atoms with Crippen molar-refractivity contribution in [2.24, 2.45) is 22.0 Å². The molecule has 1 aromatic carbocycles. The molecule has 0 aromatic heterocycles. The number of primary sulfonamides is 1. The normalized spacial score (nSPS) is 18.6. The van der Waals surface area contributed by atoms with Gasteiger partial charge >= 0.3 is 0 Å². The van der Waals surface area contributed by atoms with E-state index < -0.39 is 10.0 Å². The first-order valence-corrected chi connectivity index (χ1v) is 11.0. The van der Waals surface area contributed by atoms with E-state index in [2.05, 4.69) is 29.1 Å². The van der Waals surface area contributed by atoms with Gasteiger partial charge in [0.2, 0.25) is 10.0 Å². The van der Waals surface area contributed by atoms with Gasteiger partial charge in [-0.25, -0.2) is 13.6 Å². The molecule has 1 aromatic rings. The Labute approximate surface area is 157 Å². The highest BCUT2D eigenvalue weighted by atomic mass is 32.2. The number of sulfonamides is 1. The molecule has 1 unspecified atom stereocenters. The van der Waals surface area contributed by atoms with Crippen molar-refractivity contribution in [2.45, 2.75) is 44.4 Å². The van der Waals surface area contributed by atoms with Crippen LogP contribution in [-0.4, -0.2) is 46.0 Å². The van der Waals surface area contributed by atoms with Crippen LogP contribution >= 0.6 is 0 Å². The molecule has 0 bridgehead atoms. The Hall–Kier alpha value is -1.60. The van der Waals surface area contributed by atoms with Crippen molar-refractivity contribution in [2.75, 3.05) is 26.7 Å². The van der Waals surface area contributed by atoms with Crippen molar-refractivity contribution in [1.29, 1.82) is 0 Å². The first-order chi connectivity index (χ1) is 12.4. The highest BCUT2D eigenvalue weighted by Crippen LogP contribution is 2.28. The summed E-state index contributed by atoms with van der Waals surface area (Å²) in [6, 6.07) is 6.73. The Morgan fingerprint density at radius 3 is 2.50 bits per heavy atom. The summed E-state index contributed by atoms with van der Waals surface area (Å²) in [5, 5.41) is 8.56. The second-order valence-corrected chi connectivity index (χ2v) is 8.55. The zero-order valence-electron chi connectivity index (χ0n) is 16.1. The number of hydrogen-bond acceptors (Lipinski definition) is 3. The summed E-state index contributed by atoms with van der Waals surface area (Å²) >= 11 is 0. The van der Waals surface area contributed by atoms with E-state index in [4.69, 9.17) is 5.14 Å². The molecule has 1 heterocycles. The molecule has 0 saturated carbocycles. The van der Waals surface area contributed by atoms with Gasteiger partial charge in [-0.2, -0.15) is 0 Å². The highest BCUT2D eigenvalue weighted by Gasteiger charge is 2.29. The maximum atomic E-state index is 11.3. The minimum absolute atomic E-state index is 0.148. The molecule has 1 aliphatic heterocycles. The molecular formula is C19H32N4O2S. The van der Waals surface area contributed by atoms with Crippen molar-refractivity contribution in [3.05, 3.63) is 29.8 Å². The second kappa shape index (κ2) is 9.37. The van der Waals surface area contributed by atoms with Gasteiger partial charge in [0.1, 0.15) is 0 Å². The molecule has 0 spiro atoms. The Morgan fingerprint density at radius 2 is 1.96 bits per heavy atom. The number of nitrogens with two attached hydrogens (primary N) is 1.